The van der Waals surface area contributed by atoms with Gasteiger partial charge in [-0.05, 0) is 73.1 Å². The van der Waals surface area contributed by atoms with Gasteiger partial charge in [0.1, 0.15) is 0 Å². The summed E-state index contributed by atoms with van der Waals surface area (Å²) in [4.78, 5) is 28.8. The van der Waals surface area contributed by atoms with Crippen molar-refractivity contribution in [3.8, 4) is 11.1 Å². The van der Waals surface area contributed by atoms with Gasteiger partial charge in [-0.3, -0.25) is 14.6 Å². The Morgan fingerprint density at radius 2 is 1.79 bits per heavy atom. The minimum atomic E-state index is -0.886. The van der Waals surface area contributed by atoms with E-state index < -0.39 is 12.0 Å². The van der Waals surface area contributed by atoms with Crippen molar-refractivity contribution in [2.75, 3.05) is 6.54 Å². The average Bonchev–Trinajstić information content (AvgIpc) is 2.75. The number of rotatable bonds is 10. The molecule has 180 valence electrons. The number of pyridine rings is 2. The van der Waals surface area contributed by atoms with E-state index in [4.69, 9.17) is 0 Å². The van der Waals surface area contributed by atoms with Crippen LogP contribution in [-0.2, 0) is 4.79 Å². The molecule has 0 saturated heterocycles. The summed E-state index contributed by atoms with van der Waals surface area (Å²) in [5, 5.41) is 13.0. The van der Waals surface area contributed by atoms with Crippen LogP contribution in [0.15, 0.2) is 59.8 Å². The summed E-state index contributed by atoms with van der Waals surface area (Å²) in [6.07, 6.45) is 6.12. The zero-order chi connectivity index (χ0) is 24.8. The summed E-state index contributed by atoms with van der Waals surface area (Å²) in [6.45, 7) is 10.8. The zero-order valence-corrected chi connectivity index (χ0v) is 20.7. The van der Waals surface area contributed by atoms with Crippen LogP contribution in [0.25, 0.3) is 11.1 Å². The van der Waals surface area contributed by atoms with Crippen LogP contribution in [0.1, 0.15) is 61.0 Å². The Labute approximate surface area is 201 Å². The second kappa shape index (κ2) is 11.3. The van der Waals surface area contributed by atoms with E-state index in [1.807, 2.05) is 37.5 Å². The number of aromatic nitrogens is 2. The molecular formula is C28H35N3O3. The van der Waals surface area contributed by atoms with Crippen LogP contribution >= 0.6 is 0 Å². The minimum Gasteiger partial charge on any atom is -0.481 e. The largest absolute Gasteiger partial charge is 0.481 e. The van der Waals surface area contributed by atoms with E-state index in [0.29, 0.717) is 12.5 Å². The topological polar surface area (TPSA) is 84.2 Å². The fraction of sp³-hybridized carbons (Fsp3) is 0.393. The molecule has 0 fully saturated rings. The number of nitrogens with zero attached hydrogens (tertiary/aromatic N) is 2. The highest BCUT2D eigenvalue weighted by Gasteiger charge is 2.21. The fourth-order valence-corrected chi connectivity index (χ4v) is 4.55. The SMILES string of the molecule is Cc1ccn(C(CNC(CC(=O)O)c2cncc(-c3c(C)cccc3C)c2)CC(C)C)c(=O)c1. The lowest BCUT2D eigenvalue weighted by Gasteiger charge is -2.26. The molecule has 0 spiro atoms. The van der Waals surface area contributed by atoms with Crippen LogP contribution < -0.4 is 10.9 Å². The summed E-state index contributed by atoms with van der Waals surface area (Å²) < 4.78 is 1.75. The molecule has 2 aromatic heterocycles. The molecule has 0 aliphatic rings. The molecule has 0 aliphatic heterocycles. The number of aryl methyl sites for hydroxylation is 3. The van der Waals surface area contributed by atoms with E-state index in [9.17, 15) is 14.7 Å². The van der Waals surface area contributed by atoms with Crippen molar-refractivity contribution in [3.05, 3.63) is 87.6 Å². The maximum atomic E-state index is 12.7. The first-order chi connectivity index (χ1) is 16.2. The van der Waals surface area contributed by atoms with Crippen molar-refractivity contribution in [3.63, 3.8) is 0 Å². The molecule has 0 amide bonds. The van der Waals surface area contributed by atoms with Gasteiger partial charge in [0.05, 0.1) is 6.42 Å². The van der Waals surface area contributed by atoms with E-state index in [-0.39, 0.29) is 18.0 Å². The third kappa shape index (κ3) is 6.41. The van der Waals surface area contributed by atoms with Gasteiger partial charge in [-0.15, -0.1) is 0 Å². The lowest BCUT2D eigenvalue weighted by molar-refractivity contribution is -0.137. The number of hydrogen-bond donors (Lipinski definition) is 2. The standard InChI is InChI=1S/C28H35N3O3/c1-18(2)11-24(31-10-9-19(3)12-26(31)32)17-30-25(14-27(33)34)22-13-23(16-29-15-22)28-20(4)7-6-8-21(28)5/h6-10,12-13,15-16,18,24-25,30H,11,14,17H2,1-5H3,(H,33,34). The van der Waals surface area contributed by atoms with Crippen LogP contribution in [0.4, 0.5) is 0 Å². The lowest BCUT2D eigenvalue weighted by atomic mass is 9.94. The molecule has 2 N–H and O–H groups in total. The highest BCUT2D eigenvalue weighted by molar-refractivity contribution is 5.71. The Bertz CT molecular complexity index is 1180. The van der Waals surface area contributed by atoms with Gasteiger partial charge in [-0.1, -0.05) is 32.0 Å². The lowest BCUT2D eigenvalue weighted by Crippen LogP contribution is -2.35. The highest BCUT2D eigenvalue weighted by atomic mass is 16.4. The Morgan fingerprint density at radius 3 is 2.41 bits per heavy atom. The van der Waals surface area contributed by atoms with Gasteiger partial charge >= 0.3 is 5.97 Å². The van der Waals surface area contributed by atoms with Crippen molar-refractivity contribution in [1.82, 2.24) is 14.9 Å². The molecule has 2 heterocycles. The molecule has 0 bridgehead atoms. The van der Waals surface area contributed by atoms with Gasteiger partial charge in [0.25, 0.3) is 5.56 Å². The summed E-state index contributed by atoms with van der Waals surface area (Å²) in [5.41, 5.74) is 6.10. The van der Waals surface area contributed by atoms with Crippen molar-refractivity contribution in [2.45, 2.75) is 59.5 Å². The number of carbonyl (C=O) groups is 1. The maximum Gasteiger partial charge on any atom is 0.305 e. The number of nitrogens with one attached hydrogen (secondary N) is 1. The maximum absolute atomic E-state index is 12.7. The van der Waals surface area contributed by atoms with Crippen LogP contribution in [0, 0.1) is 26.7 Å². The summed E-state index contributed by atoms with van der Waals surface area (Å²) in [7, 11) is 0. The molecule has 6 heteroatoms. The highest BCUT2D eigenvalue weighted by Crippen LogP contribution is 2.29. The number of benzene rings is 1. The third-order valence-corrected chi connectivity index (χ3v) is 6.15. The molecule has 6 nitrogen and oxygen atoms in total. The van der Waals surface area contributed by atoms with Crippen molar-refractivity contribution >= 4 is 5.97 Å². The molecule has 3 rings (SSSR count). The monoisotopic (exact) mass is 461 g/mol. The van der Waals surface area contributed by atoms with E-state index >= 15 is 0 Å². The van der Waals surface area contributed by atoms with Gasteiger partial charge in [-0.25, -0.2) is 0 Å². The van der Waals surface area contributed by atoms with Crippen molar-refractivity contribution in [1.29, 1.82) is 0 Å². The molecular weight excluding hydrogens is 426 g/mol. The number of aliphatic carboxylic acids is 1. The number of carboxylic acid groups (broad SMARTS) is 1. The Morgan fingerprint density at radius 1 is 1.09 bits per heavy atom. The zero-order valence-electron chi connectivity index (χ0n) is 20.7. The molecule has 0 radical (unpaired) electrons. The van der Waals surface area contributed by atoms with Crippen LogP contribution in [0.5, 0.6) is 0 Å². The first-order valence-electron chi connectivity index (χ1n) is 11.8. The average molecular weight is 462 g/mol. The smallest absolute Gasteiger partial charge is 0.305 e. The van der Waals surface area contributed by atoms with E-state index in [1.165, 1.54) is 0 Å². The normalized spacial score (nSPS) is 13.1. The first kappa shape index (κ1) is 25.4. The van der Waals surface area contributed by atoms with Crippen LogP contribution in [0.3, 0.4) is 0 Å². The Balaban J connectivity index is 1.91. The van der Waals surface area contributed by atoms with Crippen molar-refractivity contribution < 1.29 is 9.90 Å². The molecule has 0 aliphatic carbocycles. The van der Waals surface area contributed by atoms with Gasteiger partial charge in [0.2, 0.25) is 0 Å². The van der Waals surface area contributed by atoms with E-state index in [2.05, 4.69) is 50.1 Å². The first-order valence-corrected chi connectivity index (χ1v) is 11.8. The van der Waals surface area contributed by atoms with Gasteiger partial charge in [-0.2, -0.15) is 0 Å². The van der Waals surface area contributed by atoms with Gasteiger partial charge < -0.3 is 15.0 Å². The van der Waals surface area contributed by atoms with Crippen LogP contribution in [-0.4, -0.2) is 27.2 Å². The molecule has 3 aromatic rings. The minimum absolute atomic E-state index is 0.0408. The van der Waals surface area contributed by atoms with Crippen LogP contribution in [0.2, 0.25) is 0 Å². The fourth-order valence-electron chi connectivity index (χ4n) is 4.55. The summed E-state index contributed by atoms with van der Waals surface area (Å²) >= 11 is 0. The van der Waals surface area contributed by atoms with E-state index in [1.54, 1.807) is 16.8 Å². The quantitative estimate of drug-likeness (QED) is 0.432. The summed E-state index contributed by atoms with van der Waals surface area (Å²) in [5.74, 6) is -0.505. The molecule has 0 saturated carbocycles. The van der Waals surface area contributed by atoms with E-state index in [0.717, 1.165) is 39.8 Å². The van der Waals surface area contributed by atoms with Crippen molar-refractivity contribution in [2.24, 2.45) is 5.92 Å². The van der Waals surface area contributed by atoms with Gasteiger partial charge in [0, 0.05) is 48.8 Å². The molecule has 1 aromatic carbocycles. The molecule has 2 atom stereocenters. The molecule has 2 unspecified atom stereocenters. The Kier molecular flexibility index (Phi) is 8.40. The molecule has 34 heavy (non-hydrogen) atoms. The predicted molar refractivity (Wildman–Crippen MR) is 136 cm³/mol. The number of hydrogen-bond acceptors (Lipinski definition) is 4. The predicted octanol–water partition coefficient (Wildman–Crippen LogP) is 5.23. The van der Waals surface area contributed by atoms with Gasteiger partial charge in [0.15, 0.2) is 0 Å². The Hall–Kier alpha value is -3.25. The third-order valence-electron chi connectivity index (χ3n) is 6.15. The number of carboxylic acids is 1. The second-order valence-electron chi connectivity index (χ2n) is 9.57. The second-order valence-corrected chi connectivity index (χ2v) is 9.57. The summed E-state index contributed by atoms with van der Waals surface area (Å²) in [6, 6.07) is 11.3.